The number of esters is 1. The SMILES string of the molecule is COC(=O)C(c1ccccc1)C1CCN(C(=O)O)CC1. The standard InChI is InChI=1S/C15H19NO4/c1-20-14(17)13(11-5-3-2-4-6-11)12-7-9-16(10-8-12)15(18)19/h2-6,12-13H,7-10H2,1H3,(H,18,19). The summed E-state index contributed by atoms with van der Waals surface area (Å²) in [6, 6.07) is 9.55. The van der Waals surface area contributed by atoms with E-state index in [-0.39, 0.29) is 17.8 Å². The number of nitrogens with zero attached hydrogens (tertiary/aromatic N) is 1. The monoisotopic (exact) mass is 277 g/mol. The van der Waals surface area contributed by atoms with Crippen molar-refractivity contribution in [1.82, 2.24) is 4.90 Å². The van der Waals surface area contributed by atoms with E-state index in [9.17, 15) is 9.59 Å². The predicted molar refractivity (Wildman–Crippen MR) is 73.5 cm³/mol. The van der Waals surface area contributed by atoms with Crippen LogP contribution < -0.4 is 0 Å². The minimum Gasteiger partial charge on any atom is -0.469 e. The van der Waals surface area contributed by atoms with Crippen molar-refractivity contribution in [3.8, 4) is 0 Å². The highest BCUT2D eigenvalue weighted by atomic mass is 16.5. The molecule has 1 N–H and O–H groups in total. The Morgan fingerprint density at radius 1 is 1.25 bits per heavy atom. The molecule has 0 radical (unpaired) electrons. The summed E-state index contributed by atoms with van der Waals surface area (Å²) < 4.78 is 4.93. The van der Waals surface area contributed by atoms with Gasteiger partial charge in [0.1, 0.15) is 0 Å². The Kier molecular flexibility index (Phi) is 4.61. The van der Waals surface area contributed by atoms with Crippen molar-refractivity contribution in [3.05, 3.63) is 35.9 Å². The molecule has 108 valence electrons. The number of rotatable bonds is 3. The second kappa shape index (κ2) is 6.41. The van der Waals surface area contributed by atoms with E-state index in [4.69, 9.17) is 9.84 Å². The molecular formula is C15H19NO4. The number of hydrogen-bond donors (Lipinski definition) is 1. The molecule has 1 amide bonds. The van der Waals surface area contributed by atoms with Gasteiger partial charge < -0.3 is 14.7 Å². The lowest BCUT2D eigenvalue weighted by molar-refractivity contribution is -0.144. The first-order valence-corrected chi connectivity index (χ1v) is 6.74. The van der Waals surface area contributed by atoms with Gasteiger partial charge in [-0.05, 0) is 24.3 Å². The van der Waals surface area contributed by atoms with E-state index >= 15 is 0 Å². The summed E-state index contributed by atoms with van der Waals surface area (Å²) in [5, 5.41) is 8.97. The number of hydrogen-bond acceptors (Lipinski definition) is 3. The minimum absolute atomic E-state index is 0.125. The topological polar surface area (TPSA) is 66.8 Å². The minimum atomic E-state index is -0.891. The molecule has 20 heavy (non-hydrogen) atoms. The third-order valence-corrected chi connectivity index (χ3v) is 3.90. The van der Waals surface area contributed by atoms with Crippen molar-refractivity contribution in [2.45, 2.75) is 18.8 Å². The van der Waals surface area contributed by atoms with Crippen molar-refractivity contribution < 1.29 is 19.4 Å². The largest absolute Gasteiger partial charge is 0.469 e. The highest BCUT2D eigenvalue weighted by Gasteiger charge is 2.34. The van der Waals surface area contributed by atoms with Gasteiger partial charge in [-0.15, -0.1) is 0 Å². The summed E-state index contributed by atoms with van der Waals surface area (Å²) in [7, 11) is 1.39. The zero-order valence-corrected chi connectivity index (χ0v) is 11.5. The molecule has 0 bridgehead atoms. The summed E-state index contributed by atoms with van der Waals surface area (Å²) in [5.41, 5.74) is 0.938. The number of methoxy groups -OCH3 is 1. The average molecular weight is 277 g/mol. The van der Waals surface area contributed by atoms with E-state index in [1.165, 1.54) is 12.0 Å². The molecule has 5 nitrogen and oxygen atoms in total. The van der Waals surface area contributed by atoms with Gasteiger partial charge in [-0.2, -0.15) is 0 Å². The van der Waals surface area contributed by atoms with Gasteiger partial charge in [0, 0.05) is 13.1 Å². The fraction of sp³-hybridized carbons (Fsp3) is 0.467. The van der Waals surface area contributed by atoms with Crippen LogP contribution in [0.4, 0.5) is 4.79 Å². The molecule has 1 aromatic rings. The Morgan fingerprint density at radius 2 is 1.85 bits per heavy atom. The molecule has 1 aliphatic heterocycles. The van der Waals surface area contributed by atoms with Gasteiger partial charge >= 0.3 is 12.1 Å². The molecule has 1 fully saturated rings. The van der Waals surface area contributed by atoms with Crippen LogP contribution in [0.5, 0.6) is 0 Å². The van der Waals surface area contributed by atoms with Crippen LogP contribution in [0.25, 0.3) is 0 Å². The number of likely N-dealkylation sites (tertiary alicyclic amines) is 1. The van der Waals surface area contributed by atoms with Crippen LogP contribution in [-0.2, 0) is 9.53 Å². The number of piperidine rings is 1. The van der Waals surface area contributed by atoms with Gasteiger partial charge in [0.05, 0.1) is 13.0 Å². The maximum absolute atomic E-state index is 12.1. The molecule has 0 aromatic heterocycles. The molecular weight excluding hydrogens is 258 g/mol. The van der Waals surface area contributed by atoms with E-state index in [0.29, 0.717) is 25.9 Å². The number of carboxylic acid groups (broad SMARTS) is 1. The van der Waals surface area contributed by atoms with Gasteiger partial charge in [-0.3, -0.25) is 4.79 Å². The van der Waals surface area contributed by atoms with Crippen molar-refractivity contribution in [3.63, 3.8) is 0 Å². The third-order valence-electron chi connectivity index (χ3n) is 3.90. The highest BCUT2D eigenvalue weighted by molar-refractivity contribution is 5.78. The van der Waals surface area contributed by atoms with E-state index in [1.54, 1.807) is 0 Å². The highest BCUT2D eigenvalue weighted by Crippen LogP contribution is 2.33. The lowest BCUT2D eigenvalue weighted by atomic mass is 9.80. The number of amides is 1. The summed E-state index contributed by atoms with van der Waals surface area (Å²) in [6.45, 7) is 0.945. The molecule has 1 aromatic carbocycles. The number of benzene rings is 1. The van der Waals surface area contributed by atoms with Crippen LogP contribution >= 0.6 is 0 Å². The Balaban J connectivity index is 2.13. The van der Waals surface area contributed by atoms with Gasteiger partial charge in [0.25, 0.3) is 0 Å². The first-order chi connectivity index (χ1) is 9.63. The molecule has 5 heteroatoms. The Bertz CT molecular complexity index is 466. The fourth-order valence-corrected chi connectivity index (χ4v) is 2.81. The third kappa shape index (κ3) is 3.10. The van der Waals surface area contributed by atoms with Crippen LogP contribution in [0.2, 0.25) is 0 Å². The van der Waals surface area contributed by atoms with Crippen molar-refractivity contribution in [2.24, 2.45) is 5.92 Å². The summed E-state index contributed by atoms with van der Waals surface area (Å²) in [4.78, 5) is 24.4. The first kappa shape index (κ1) is 14.4. The van der Waals surface area contributed by atoms with Crippen LogP contribution in [0, 0.1) is 5.92 Å². The van der Waals surface area contributed by atoms with E-state index in [2.05, 4.69) is 0 Å². The number of carbonyl (C=O) groups is 2. The zero-order valence-electron chi connectivity index (χ0n) is 11.5. The lowest BCUT2D eigenvalue weighted by Gasteiger charge is -2.33. The molecule has 1 aliphatic rings. The van der Waals surface area contributed by atoms with Crippen molar-refractivity contribution in [2.75, 3.05) is 20.2 Å². The summed E-state index contributed by atoms with van der Waals surface area (Å²) >= 11 is 0. The predicted octanol–water partition coefficient (Wildman–Crippen LogP) is 2.33. The molecule has 0 spiro atoms. The molecule has 2 rings (SSSR count). The summed E-state index contributed by atoms with van der Waals surface area (Å²) in [5.74, 6) is -0.428. The molecule has 0 aliphatic carbocycles. The molecule has 1 saturated heterocycles. The zero-order chi connectivity index (χ0) is 14.5. The molecule has 1 unspecified atom stereocenters. The van der Waals surface area contributed by atoms with Gasteiger partial charge in [0.15, 0.2) is 0 Å². The van der Waals surface area contributed by atoms with Crippen molar-refractivity contribution >= 4 is 12.1 Å². The quantitative estimate of drug-likeness (QED) is 0.861. The molecule has 1 heterocycles. The van der Waals surface area contributed by atoms with Gasteiger partial charge in [0.2, 0.25) is 0 Å². The fourth-order valence-electron chi connectivity index (χ4n) is 2.81. The van der Waals surface area contributed by atoms with Crippen LogP contribution in [0.1, 0.15) is 24.3 Å². The second-order valence-electron chi connectivity index (χ2n) is 5.02. The van der Waals surface area contributed by atoms with Crippen LogP contribution in [0.3, 0.4) is 0 Å². The average Bonchev–Trinajstić information content (AvgIpc) is 2.49. The van der Waals surface area contributed by atoms with Crippen LogP contribution in [0.15, 0.2) is 30.3 Å². The maximum Gasteiger partial charge on any atom is 0.407 e. The smallest absolute Gasteiger partial charge is 0.407 e. The van der Waals surface area contributed by atoms with E-state index in [0.717, 1.165) is 5.56 Å². The Hall–Kier alpha value is -2.04. The number of carbonyl (C=O) groups excluding carboxylic acids is 1. The number of ether oxygens (including phenoxy) is 1. The van der Waals surface area contributed by atoms with Crippen LogP contribution in [-0.4, -0.2) is 42.3 Å². The Labute approximate surface area is 118 Å². The first-order valence-electron chi connectivity index (χ1n) is 6.74. The maximum atomic E-state index is 12.1. The second-order valence-corrected chi connectivity index (χ2v) is 5.02. The van der Waals surface area contributed by atoms with Gasteiger partial charge in [-0.25, -0.2) is 4.79 Å². The Morgan fingerprint density at radius 3 is 2.35 bits per heavy atom. The molecule has 1 atom stereocenters. The van der Waals surface area contributed by atoms with Crippen molar-refractivity contribution in [1.29, 1.82) is 0 Å². The van der Waals surface area contributed by atoms with E-state index < -0.39 is 6.09 Å². The lowest BCUT2D eigenvalue weighted by Crippen LogP contribution is -2.40. The van der Waals surface area contributed by atoms with E-state index in [1.807, 2.05) is 30.3 Å². The summed E-state index contributed by atoms with van der Waals surface area (Å²) in [6.07, 6.45) is 0.472. The normalized spacial score (nSPS) is 17.6. The molecule has 0 saturated carbocycles. The van der Waals surface area contributed by atoms with Gasteiger partial charge in [-0.1, -0.05) is 30.3 Å².